The van der Waals surface area contributed by atoms with E-state index in [0.717, 1.165) is 24.0 Å². The molecule has 0 aliphatic heterocycles. The Hall–Kier alpha value is -2.27. The normalized spacial score (nSPS) is 12.8. The van der Waals surface area contributed by atoms with E-state index >= 15 is 0 Å². The number of pyridine rings is 1. The molecule has 162 valence electrons. The fourth-order valence-corrected chi connectivity index (χ4v) is 4.07. The maximum Gasteiger partial charge on any atom is 0.339 e. The largest absolute Gasteiger partial charge is 0.489 e. The molecule has 0 amide bonds. The van der Waals surface area contributed by atoms with Gasteiger partial charge in [-0.3, -0.25) is 4.98 Å². The molecular weight excluding hydrogens is 457 g/mol. The van der Waals surface area contributed by atoms with Crippen LogP contribution in [-0.4, -0.2) is 24.2 Å². The standard InChI is InChI=1S/C24H22Cl3NO3/c1-15(31-22-11-18(13-28-14-22)24(29)30-2)3-8-23(16-4-6-19(25)7-5-16)17-9-20(26)12-21(27)10-17/h4-7,9-15,23H,3,8H2,1-2H3. The second-order valence-electron chi connectivity index (χ2n) is 7.21. The molecule has 0 N–H and O–H groups in total. The van der Waals surface area contributed by atoms with Crippen LogP contribution in [-0.2, 0) is 4.74 Å². The topological polar surface area (TPSA) is 48.4 Å². The third kappa shape index (κ3) is 6.60. The number of halogens is 3. The van der Waals surface area contributed by atoms with E-state index in [4.69, 9.17) is 44.3 Å². The molecule has 0 spiro atoms. The van der Waals surface area contributed by atoms with E-state index in [0.29, 0.717) is 26.4 Å². The molecular formula is C24H22Cl3NO3. The first-order valence-corrected chi connectivity index (χ1v) is 10.9. The maximum atomic E-state index is 11.7. The Kier molecular flexibility index (Phi) is 8.19. The van der Waals surface area contributed by atoms with Crippen LogP contribution in [0.5, 0.6) is 5.75 Å². The van der Waals surface area contributed by atoms with Crippen molar-refractivity contribution in [2.45, 2.75) is 31.8 Å². The minimum Gasteiger partial charge on any atom is -0.489 e. The maximum absolute atomic E-state index is 11.7. The summed E-state index contributed by atoms with van der Waals surface area (Å²) in [6.45, 7) is 1.98. The van der Waals surface area contributed by atoms with E-state index in [2.05, 4.69) is 4.98 Å². The predicted molar refractivity (Wildman–Crippen MR) is 125 cm³/mol. The van der Waals surface area contributed by atoms with Gasteiger partial charge in [0, 0.05) is 27.2 Å². The minimum atomic E-state index is -0.453. The molecule has 1 aromatic heterocycles. The van der Waals surface area contributed by atoms with Crippen molar-refractivity contribution in [2.75, 3.05) is 7.11 Å². The predicted octanol–water partition coefficient (Wildman–Crippen LogP) is 7.21. The van der Waals surface area contributed by atoms with E-state index in [1.807, 2.05) is 43.3 Å². The van der Waals surface area contributed by atoms with Gasteiger partial charge in [0.05, 0.1) is 25.0 Å². The molecule has 2 aromatic carbocycles. The summed E-state index contributed by atoms with van der Waals surface area (Å²) in [6.07, 6.45) is 4.46. The van der Waals surface area contributed by atoms with Crippen LogP contribution >= 0.6 is 34.8 Å². The monoisotopic (exact) mass is 477 g/mol. The van der Waals surface area contributed by atoms with E-state index in [1.165, 1.54) is 13.3 Å². The molecule has 0 saturated carbocycles. The van der Waals surface area contributed by atoms with Crippen molar-refractivity contribution in [3.05, 3.63) is 92.7 Å². The minimum absolute atomic E-state index is 0.0686. The molecule has 0 aliphatic rings. The lowest BCUT2D eigenvalue weighted by molar-refractivity contribution is 0.0599. The molecule has 0 bridgehead atoms. The van der Waals surface area contributed by atoms with Crippen LogP contribution in [0, 0.1) is 0 Å². The lowest BCUT2D eigenvalue weighted by atomic mass is 9.87. The fourth-order valence-electron chi connectivity index (χ4n) is 3.40. The molecule has 1 heterocycles. The Balaban J connectivity index is 1.75. The van der Waals surface area contributed by atoms with Gasteiger partial charge in [0.15, 0.2) is 0 Å². The number of nitrogens with zero attached hydrogens (tertiary/aromatic N) is 1. The van der Waals surface area contributed by atoms with Crippen LogP contribution in [0.15, 0.2) is 60.9 Å². The third-order valence-electron chi connectivity index (χ3n) is 4.89. The Morgan fingerprint density at radius 3 is 2.23 bits per heavy atom. The summed E-state index contributed by atoms with van der Waals surface area (Å²) in [5.74, 6) is 0.134. The van der Waals surface area contributed by atoms with E-state index in [1.54, 1.807) is 18.3 Å². The SMILES string of the molecule is COC(=O)c1cncc(OC(C)CCC(c2ccc(Cl)cc2)c2cc(Cl)cc(Cl)c2)c1. The Morgan fingerprint density at radius 1 is 0.903 bits per heavy atom. The summed E-state index contributed by atoms with van der Waals surface area (Å²) in [5.41, 5.74) is 2.49. The Bertz CT molecular complexity index is 1020. The number of esters is 1. The van der Waals surface area contributed by atoms with Gasteiger partial charge in [-0.2, -0.15) is 0 Å². The van der Waals surface area contributed by atoms with Crippen molar-refractivity contribution >= 4 is 40.8 Å². The Morgan fingerprint density at radius 2 is 1.58 bits per heavy atom. The van der Waals surface area contributed by atoms with Crippen LogP contribution in [0.1, 0.15) is 47.2 Å². The molecule has 0 fully saturated rings. The van der Waals surface area contributed by atoms with Gasteiger partial charge in [-0.15, -0.1) is 0 Å². The molecule has 7 heteroatoms. The zero-order valence-corrected chi connectivity index (χ0v) is 19.4. The second-order valence-corrected chi connectivity index (χ2v) is 8.52. The van der Waals surface area contributed by atoms with E-state index in [9.17, 15) is 4.79 Å². The van der Waals surface area contributed by atoms with Gasteiger partial charge in [0.1, 0.15) is 5.75 Å². The first-order valence-electron chi connectivity index (χ1n) is 9.77. The van der Waals surface area contributed by atoms with Gasteiger partial charge in [-0.1, -0.05) is 46.9 Å². The van der Waals surface area contributed by atoms with Crippen LogP contribution in [0.3, 0.4) is 0 Å². The zero-order chi connectivity index (χ0) is 22.4. The lowest BCUT2D eigenvalue weighted by Crippen LogP contribution is -2.15. The van der Waals surface area contributed by atoms with Crippen LogP contribution in [0.25, 0.3) is 0 Å². The van der Waals surface area contributed by atoms with Gasteiger partial charge in [0.25, 0.3) is 0 Å². The first kappa shape index (κ1) is 23.4. The molecule has 31 heavy (non-hydrogen) atoms. The number of methoxy groups -OCH3 is 1. The third-order valence-corrected chi connectivity index (χ3v) is 5.58. The summed E-state index contributed by atoms with van der Waals surface area (Å²) < 4.78 is 10.7. The molecule has 3 aromatic rings. The number of carbonyl (C=O) groups is 1. The Labute approximate surface area is 197 Å². The van der Waals surface area contributed by atoms with Gasteiger partial charge in [-0.05, 0) is 67.3 Å². The van der Waals surface area contributed by atoms with E-state index in [-0.39, 0.29) is 12.0 Å². The van der Waals surface area contributed by atoms with Crippen molar-refractivity contribution in [1.29, 1.82) is 0 Å². The highest BCUT2D eigenvalue weighted by molar-refractivity contribution is 6.34. The zero-order valence-electron chi connectivity index (χ0n) is 17.1. The summed E-state index contributed by atoms with van der Waals surface area (Å²) in [4.78, 5) is 15.8. The van der Waals surface area contributed by atoms with Crippen LogP contribution < -0.4 is 4.74 Å². The number of ether oxygens (including phenoxy) is 2. The molecule has 2 unspecified atom stereocenters. The second kappa shape index (κ2) is 10.9. The molecule has 4 nitrogen and oxygen atoms in total. The van der Waals surface area contributed by atoms with Gasteiger partial charge < -0.3 is 9.47 Å². The fraction of sp³-hybridized carbons (Fsp3) is 0.250. The lowest BCUT2D eigenvalue weighted by Gasteiger charge is -2.22. The van der Waals surface area contributed by atoms with Crippen molar-refractivity contribution in [1.82, 2.24) is 4.98 Å². The summed E-state index contributed by atoms with van der Waals surface area (Å²) >= 11 is 18.6. The summed E-state index contributed by atoms with van der Waals surface area (Å²) in [6, 6.07) is 15.0. The highest BCUT2D eigenvalue weighted by Crippen LogP contribution is 2.34. The van der Waals surface area contributed by atoms with Crippen molar-refractivity contribution < 1.29 is 14.3 Å². The summed E-state index contributed by atoms with van der Waals surface area (Å²) in [5, 5.41) is 1.87. The average Bonchev–Trinajstić information content (AvgIpc) is 2.74. The van der Waals surface area contributed by atoms with Crippen molar-refractivity contribution in [2.24, 2.45) is 0 Å². The quantitative estimate of drug-likeness (QED) is 0.321. The highest BCUT2D eigenvalue weighted by Gasteiger charge is 2.18. The molecule has 0 saturated heterocycles. The highest BCUT2D eigenvalue weighted by atomic mass is 35.5. The molecule has 2 atom stereocenters. The molecule has 0 aliphatic carbocycles. The van der Waals surface area contributed by atoms with E-state index < -0.39 is 5.97 Å². The molecule has 3 rings (SSSR count). The number of rotatable bonds is 8. The van der Waals surface area contributed by atoms with Gasteiger partial charge >= 0.3 is 5.97 Å². The van der Waals surface area contributed by atoms with Crippen LogP contribution in [0.2, 0.25) is 15.1 Å². The number of hydrogen-bond acceptors (Lipinski definition) is 4. The number of aromatic nitrogens is 1. The smallest absolute Gasteiger partial charge is 0.339 e. The van der Waals surface area contributed by atoms with Gasteiger partial charge in [-0.25, -0.2) is 4.79 Å². The van der Waals surface area contributed by atoms with Crippen molar-refractivity contribution in [3.8, 4) is 5.75 Å². The summed E-state index contributed by atoms with van der Waals surface area (Å²) in [7, 11) is 1.33. The number of benzene rings is 2. The van der Waals surface area contributed by atoms with Crippen molar-refractivity contribution in [3.63, 3.8) is 0 Å². The first-order chi connectivity index (χ1) is 14.9. The number of hydrogen-bond donors (Lipinski definition) is 0. The number of carbonyl (C=O) groups excluding carboxylic acids is 1. The van der Waals surface area contributed by atoms with Crippen LogP contribution in [0.4, 0.5) is 0 Å². The van der Waals surface area contributed by atoms with Gasteiger partial charge in [0.2, 0.25) is 0 Å². The average molecular weight is 479 g/mol. The molecule has 0 radical (unpaired) electrons.